The molecule has 0 aliphatic carbocycles. The number of aryl methyl sites for hydroxylation is 3. The van der Waals surface area contributed by atoms with Crippen LogP contribution in [-0.2, 0) is 11.3 Å². The molecule has 0 bridgehead atoms. The second-order valence-corrected chi connectivity index (χ2v) is 5.17. The molecule has 0 radical (unpaired) electrons. The molecule has 1 aromatic carbocycles. The Morgan fingerprint density at radius 3 is 2.26 bits per heavy atom. The van der Waals surface area contributed by atoms with Crippen LogP contribution >= 0.6 is 12.4 Å². The molecule has 0 aromatic heterocycles. The van der Waals surface area contributed by atoms with E-state index < -0.39 is 0 Å². The van der Waals surface area contributed by atoms with Crippen LogP contribution in [0.5, 0.6) is 0 Å². The van der Waals surface area contributed by atoms with Crippen molar-refractivity contribution in [2.45, 2.75) is 53.1 Å². The van der Waals surface area contributed by atoms with Crippen molar-refractivity contribution in [1.82, 2.24) is 5.32 Å². The van der Waals surface area contributed by atoms with Crippen molar-refractivity contribution in [2.75, 3.05) is 0 Å². The van der Waals surface area contributed by atoms with E-state index in [-0.39, 0.29) is 24.4 Å². The molecular weight excluding hydrogens is 260 g/mol. The van der Waals surface area contributed by atoms with Gasteiger partial charge < -0.3 is 11.1 Å². The topological polar surface area (TPSA) is 55.1 Å². The molecule has 19 heavy (non-hydrogen) atoms. The first kappa shape index (κ1) is 17.9. The average molecular weight is 285 g/mol. The van der Waals surface area contributed by atoms with Gasteiger partial charge in [-0.15, -0.1) is 12.4 Å². The highest BCUT2D eigenvalue weighted by Gasteiger charge is 2.07. The summed E-state index contributed by atoms with van der Waals surface area (Å²) in [4.78, 5) is 11.6. The monoisotopic (exact) mass is 284 g/mol. The summed E-state index contributed by atoms with van der Waals surface area (Å²) in [6.45, 7) is 8.79. The number of amides is 1. The number of benzene rings is 1. The van der Waals surface area contributed by atoms with E-state index >= 15 is 0 Å². The van der Waals surface area contributed by atoms with Gasteiger partial charge in [0.1, 0.15) is 0 Å². The quantitative estimate of drug-likeness (QED) is 0.873. The SMILES string of the molecule is Cc1cc(C)c(CNC(=O)CCC(C)N)c(C)c1.Cl. The minimum atomic E-state index is 0. The van der Waals surface area contributed by atoms with Crippen molar-refractivity contribution in [3.05, 3.63) is 34.4 Å². The first-order chi connectivity index (χ1) is 8.40. The second-order valence-electron chi connectivity index (χ2n) is 5.17. The molecular formula is C15H25ClN2O. The van der Waals surface area contributed by atoms with E-state index in [1.165, 1.54) is 22.3 Å². The molecule has 1 aromatic rings. The van der Waals surface area contributed by atoms with Crippen LogP contribution in [0, 0.1) is 20.8 Å². The van der Waals surface area contributed by atoms with Gasteiger partial charge in [0.2, 0.25) is 5.91 Å². The molecule has 0 saturated carbocycles. The van der Waals surface area contributed by atoms with Gasteiger partial charge in [0.15, 0.2) is 0 Å². The van der Waals surface area contributed by atoms with Gasteiger partial charge in [-0.25, -0.2) is 0 Å². The number of hydrogen-bond donors (Lipinski definition) is 2. The third kappa shape index (κ3) is 6.08. The first-order valence-corrected chi connectivity index (χ1v) is 6.49. The number of hydrogen-bond acceptors (Lipinski definition) is 2. The molecule has 0 aliphatic rings. The second kappa shape index (κ2) is 8.18. The Bertz CT molecular complexity index is 407. The molecule has 3 nitrogen and oxygen atoms in total. The zero-order chi connectivity index (χ0) is 13.7. The minimum absolute atomic E-state index is 0. The van der Waals surface area contributed by atoms with Crippen LogP contribution in [0.1, 0.15) is 42.0 Å². The standard InChI is InChI=1S/C15H24N2O.ClH/c1-10-7-11(2)14(12(3)8-10)9-17-15(18)6-5-13(4)16;/h7-8,13H,5-6,9,16H2,1-4H3,(H,17,18);1H. The summed E-state index contributed by atoms with van der Waals surface area (Å²) < 4.78 is 0. The van der Waals surface area contributed by atoms with Gasteiger partial charge in [0.05, 0.1) is 0 Å². The van der Waals surface area contributed by atoms with Crippen molar-refractivity contribution in [2.24, 2.45) is 5.73 Å². The van der Waals surface area contributed by atoms with E-state index in [1.54, 1.807) is 0 Å². The van der Waals surface area contributed by atoms with Gasteiger partial charge in [-0.2, -0.15) is 0 Å². The Morgan fingerprint density at radius 2 is 1.79 bits per heavy atom. The Hall–Kier alpha value is -1.06. The maximum Gasteiger partial charge on any atom is 0.220 e. The van der Waals surface area contributed by atoms with Crippen LogP contribution in [0.2, 0.25) is 0 Å². The molecule has 0 saturated heterocycles. The predicted octanol–water partition coefficient (Wildman–Crippen LogP) is 2.78. The van der Waals surface area contributed by atoms with Crippen LogP contribution in [0.25, 0.3) is 0 Å². The molecule has 0 heterocycles. The fourth-order valence-corrected chi connectivity index (χ4v) is 2.12. The first-order valence-electron chi connectivity index (χ1n) is 6.49. The summed E-state index contributed by atoms with van der Waals surface area (Å²) in [6.07, 6.45) is 1.24. The average Bonchev–Trinajstić information content (AvgIpc) is 2.24. The maximum absolute atomic E-state index is 11.6. The number of carbonyl (C=O) groups excluding carboxylic acids is 1. The highest BCUT2D eigenvalue weighted by atomic mass is 35.5. The molecule has 1 amide bonds. The lowest BCUT2D eigenvalue weighted by molar-refractivity contribution is -0.121. The number of nitrogens with one attached hydrogen (secondary N) is 1. The molecule has 1 atom stereocenters. The van der Waals surface area contributed by atoms with Crippen LogP contribution < -0.4 is 11.1 Å². The molecule has 0 fully saturated rings. The molecule has 1 unspecified atom stereocenters. The highest BCUT2D eigenvalue weighted by molar-refractivity contribution is 5.85. The molecule has 0 aliphatic heterocycles. The zero-order valence-electron chi connectivity index (χ0n) is 12.2. The van der Waals surface area contributed by atoms with Crippen LogP contribution in [0.15, 0.2) is 12.1 Å². The van der Waals surface area contributed by atoms with E-state index in [9.17, 15) is 4.79 Å². The Labute approximate surface area is 122 Å². The van der Waals surface area contributed by atoms with Gasteiger partial charge in [-0.3, -0.25) is 4.79 Å². The number of rotatable bonds is 5. The minimum Gasteiger partial charge on any atom is -0.352 e. The molecule has 108 valence electrons. The van der Waals surface area contributed by atoms with Crippen LogP contribution in [0.4, 0.5) is 0 Å². The third-order valence-corrected chi connectivity index (χ3v) is 3.13. The van der Waals surface area contributed by atoms with Gasteiger partial charge in [-0.05, 0) is 50.8 Å². The van der Waals surface area contributed by atoms with Crippen LogP contribution in [0.3, 0.4) is 0 Å². The normalized spacial score (nSPS) is 11.6. The highest BCUT2D eigenvalue weighted by Crippen LogP contribution is 2.16. The van der Waals surface area contributed by atoms with E-state index in [0.29, 0.717) is 13.0 Å². The maximum atomic E-state index is 11.6. The lowest BCUT2D eigenvalue weighted by Crippen LogP contribution is -2.26. The lowest BCUT2D eigenvalue weighted by Gasteiger charge is -2.12. The summed E-state index contributed by atoms with van der Waals surface area (Å²) >= 11 is 0. The zero-order valence-corrected chi connectivity index (χ0v) is 13.1. The van der Waals surface area contributed by atoms with E-state index in [1.807, 2.05) is 6.92 Å². The fourth-order valence-electron chi connectivity index (χ4n) is 2.12. The van der Waals surface area contributed by atoms with E-state index in [2.05, 4.69) is 38.2 Å². The van der Waals surface area contributed by atoms with Crippen molar-refractivity contribution < 1.29 is 4.79 Å². The molecule has 0 spiro atoms. The lowest BCUT2D eigenvalue weighted by atomic mass is 10.00. The fraction of sp³-hybridized carbons (Fsp3) is 0.533. The molecule has 4 heteroatoms. The number of halogens is 1. The van der Waals surface area contributed by atoms with Crippen molar-refractivity contribution in [3.8, 4) is 0 Å². The summed E-state index contributed by atoms with van der Waals surface area (Å²) in [6, 6.07) is 4.38. The largest absolute Gasteiger partial charge is 0.352 e. The predicted molar refractivity (Wildman–Crippen MR) is 82.6 cm³/mol. The van der Waals surface area contributed by atoms with Gasteiger partial charge in [-0.1, -0.05) is 17.7 Å². The van der Waals surface area contributed by atoms with Crippen molar-refractivity contribution >= 4 is 18.3 Å². The van der Waals surface area contributed by atoms with E-state index in [0.717, 1.165) is 6.42 Å². The van der Waals surface area contributed by atoms with Crippen molar-refractivity contribution in [3.63, 3.8) is 0 Å². The summed E-state index contributed by atoms with van der Waals surface area (Å²) in [5.74, 6) is 0.0756. The molecule has 3 N–H and O–H groups in total. The summed E-state index contributed by atoms with van der Waals surface area (Å²) in [5, 5.41) is 2.96. The van der Waals surface area contributed by atoms with E-state index in [4.69, 9.17) is 5.73 Å². The number of carbonyl (C=O) groups is 1. The molecule has 1 rings (SSSR count). The third-order valence-electron chi connectivity index (χ3n) is 3.13. The van der Waals surface area contributed by atoms with Gasteiger partial charge in [0, 0.05) is 19.0 Å². The Balaban J connectivity index is 0.00000324. The number of nitrogens with two attached hydrogens (primary N) is 1. The van der Waals surface area contributed by atoms with Gasteiger partial charge in [0.25, 0.3) is 0 Å². The Morgan fingerprint density at radius 1 is 1.26 bits per heavy atom. The summed E-state index contributed by atoms with van der Waals surface area (Å²) in [7, 11) is 0. The van der Waals surface area contributed by atoms with Crippen molar-refractivity contribution in [1.29, 1.82) is 0 Å². The van der Waals surface area contributed by atoms with Gasteiger partial charge >= 0.3 is 0 Å². The van der Waals surface area contributed by atoms with Crippen LogP contribution in [-0.4, -0.2) is 11.9 Å². The Kier molecular flexibility index (Phi) is 7.72. The smallest absolute Gasteiger partial charge is 0.220 e. The summed E-state index contributed by atoms with van der Waals surface area (Å²) in [5.41, 5.74) is 10.6.